The third kappa shape index (κ3) is 27.0. The van der Waals surface area contributed by atoms with Crippen LogP contribution in [0.3, 0.4) is 0 Å². The highest BCUT2D eigenvalue weighted by Crippen LogP contribution is 2.60. The molecule has 71 heteroatoms. The van der Waals surface area contributed by atoms with Gasteiger partial charge in [0.1, 0.15) is 110 Å². The summed E-state index contributed by atoms with van der Waals surface area (Å²) in [6.45, 7) is -25.8. The Balaban J connectivity index is 0.635. The fourth-order valence-electron chi connectivity index (χ4n) is 16.5. The number of amides is 2. The van der Waals surface area contributed by atoms with Crippen molar-refractivity contribution in [3.8, 4) is 0 Å². The second kappa shape index (κ2) is 45.0. The molecule has 8 aliphatic heterocycles. The van der Waals surface area contributed by atoms with Crippen LogP contribution in [0.25, 0.3) is 11.2 Å². The van der Waals surface area contributed by atoms with Crippen molar-refractivity contribution in [2.24, 2.45) is 5.73 Å². The number of anilines is 2. The lowest BCUT2D eigenvalue weighted by Crippen LogP contribution is -2.54. The first-order chi connectivity index (χ1) is 67.1. The lowest BCUT2D eigenvalue weighted by Gasteiger charge is -2.32. The van der Waals surface area contributed by atoms with Gasteiger partial charge in [0.05, 0.1) is 88.7 Å². The third-order valence-electron chi connectivity index (χ3n) is 23.9. The highest BCUT2D eigenvalue weighted by atomic mass is 32.7. The summed E-state index contributed by atoms with van der Waals surface area (Å²) in [6.07, 6.45) is -19.8. The third-order valence-corrected chi connectivity index (χ3v) is 35.1. The zero-order valence-corrected chi connectivity index (χ0v) is 88.2. The molecule has 15 heterocycles. The fourth-order valence-corrected chi connectivity index (χ4v) is 26.4. The van der Waals surface area contributed by atoms with Crippen LogP contribution in [0.4, 0.5) is 16.4 Å². The molecule has 8 aliphatic rings. The number of carbonyl (C=O) groups excluding carboxylic acids is 1. The first-order valence-corrected chi connectivity index (χ1v) is 61.5. The average molecular weight is 2280 g/mol. The predicted molar refractivity (Wildman–Crippen MR) is 521 cm³/mol. The van der Waals surface area contributed by atoms with Crippen molar-refractivity contribution in [2.45, 2.75) is 235 Å². The normalized spacial score (nSPS) is 30.9. The molecule has 143 heavy (non-hydrogen) atoms. The van der Waals surface area contributed by atoms with Crippen LogP contribution in [0.15, 0.2) is 98.6 Å². The number of nitrogens with two attached hydrogens (primary N) is 3. The van der Waals surface area contributed by atoms with Crippen LogP contribution in [0, 0.1) is 34.6 Å². The van der Waals surface area contributed by atoms with E-state index in [1.54, 1.807) is 20.8 Å². The number of thiol groups is 1. The summed E-state index contributed by atoms with van der Waals surface area (Å²) in [7, 11) is 1.09. The van der Waals surface area contributed by atoms with Gasteiger partial charge in [-0.3, -0.25) is 80.5 Å². The zero-order chi connectivity index (χ0) is 104. The van der Waals surface area contributed by atoms with Crippen LogP contribution in [0.2, 0.25) is 0 Å². The lowest BCUT2D eigenvalue weighted by molar-refractivity contribution is -0.0581. The van der Waals surface area contributed by atoms with Gasteiger partial charge in [-0.1, -0.05) is 19.2 Å². The number of fused-ring (bicyclic) bond motifs is 1. The van der Waals surface area contributed by atoms with E-state index in [1.165, 1.54) is 80.3 Å². The number of nitrogen functional groups attached to an aromatic ring is 2. The number of rotatable bonds is 41. The number of hydrogen-bond donors (Lipinski definition) is 15. The Morgan fingerprint density at radius 2 is 0.713 bits per heavy atom. The van der Waals surface area contributed by atoms with Crippen LogP contribution in [-0.2, 0) is 172 Å². The maximum absolute atomic E-state index is 14.8. The summed E-state index contributed by atoms with van der Waals surface area (Å²) in [4.78, 5) is 227. The molecule has 0 aromatic carbocycles. The maximum atomic E-state index is 14.8. The van der Waals surface area contributed by atoms with Gasteiger partial charge in [-0.15, -0.1) is 0 Å². The van der Waals surface area contributed by atoms with E-state index in [0.29, 0.717) is 17.6 Å². The first-order valence-electron chi connectivity index (χ1n) is 43.3. The minimum Gasteiger partial charge on any atom is -0.383 e. The molecule has 788 valence electrons. The average Bonchev–Trinajstić information content (AvgIpc) is 1.61. The highest BCUT2D eigenvalue weighted by molar-refractivity contribution is 8.44. The molecular weight excluding hydrogens is 2180 g/mol. The minimum absolute atomic E-state index is 0.0290. The van der Waals surface area contributed by atoms with Crippen LogP contribution >= 0.6 is 59.4 Å². The van der Waals surface area contributed by atoms with E-state index in [9.17, 15) is 81.9 Å². The number of aromatic amines is 4. The van der Waals surface area contributed by atoms with Crippen molar-refractivity contribution in [3.05, 3.63) is 177 Å². The Morgan fingerprint density at radius 3 is 1.07 bits per heavy atom. The summed E-state index contributed by atoms with van der Waals surface area (Å²) in [6, 6.07) is -0.705. The number of nitrogens with one attached hydrogen (secondary N) is 5. The van der Waals surface area contributed by atoms with Gasteiger partial charge in [0.25, 0.3) is 22.2 Å². The second-order valence-electron chi connectivity index (χ2n) is 33.9. The van der Waals surface area contributed by atoms with Crippen LogP contribution in [0.5, 0.6) is 0 Å². The molecule has 0 saturated carbocycles. The molecule has 2 amide bonds. The second-order valence-corrected chi connectivity index (χ2v) is 53.6. The summed E-state index contributed by atoms with van der Waals surface area (Å²) < 4.78 is 149. The largest absolute Gasteiger partial charge is 0.386 e. The molecule has 0 aliphatic carbocycles. The highest BCUT2D eigenvalue weighted by Gasteiger charge is 2.53. The number of nitrogens with zero attached hydrogens (tertiary/aromatic N) is 11. The molecule has 17 N–H and O–H groups in total. The molecule has 7 saturated heterocycles. The molecule has 0 radical (unpaired) electrons. The van der Waals surface area contributed by atoms with E-state index in [4.69, 9.17) is 185 Å². The fraction of sp³-hybridized carbons (Fsp3) is 0.611. The molecule has 15 unspecified atom stereocenters. The molecule has 29 atom stereocenters. The van der Waals surface area contributed by atoms with E-state index >= 15 is 0 Å². The van der Waals surface area contributed by atoms with Crippen molar-refractivity contribution in [3.63, 3.8) is 0 Å². The summed E-state index contributed by atoms with van der Waals surface area (Å²) in [5, 5.41) is 2.60. The molecular formula is C72H100N19O38P7S7. The number of ether oxygens (including phenoxy) is 7. The number of hydrogen-bond acceptors (Lipinski definition) is 45. The Kier molecular flexibility index (Phi) is 35.0. The summed E-state index contributed by atoms with van der Waals surface area (Å²) >= 11 is 37.5. The van der Waals surface area contributed by atoms with Crippen LogP contribution < -0.4 is 73.2 Å². The van der Waals surface area contributed by atoms with Crippen molar-refractivity contribution in [1.82, 2.24) is 77.5 Å². The van der Waals surface area contributed by atoms with Gasteiger partial charge in [-0.2, -0.15) is 4.98 Å². The Morgan fingerprint density at radius 1 is 0.413 bits per heavy atom. The van der Waals surface area contributed by atoms with E-state index < -0.39 is 285 Å². The van der Waals surface area contributed by atoms with Crippen molar-refractivity contribution in [2.75, 3.05) is 58.2 Å². The molecule has 0 spiro atoms. The van der Waals surface area contributed by atoms with E-state index in [-0.39, 0.29) is 83.6 Å². The number of H-pyrrole nitrogens is 4. The summed E-state index contributed by atoms with van der Waals surface area (Å²) in [5.41, 5.74) is 12.6. The molecule has 57 nitrogen and oxygen atoms in total. The minimum atomic E-state index is -4.77. The molecule has 0 bridgehead atoms. The quantitative estimate of drug-likeness (QED) is 0.0189. The zero-order valence-electron chi connectivity index (χ0n) is 76.1. The van der Waals surface area contributed by atoms with E-state index in [0.717, 1.165) is 36.6 Å². The van der Waals surface area contributed by atoms with Gasteiger partial charge in [0.2, 0.25) is 0 Å². The molecule has 7 fully saturated rings. The Bertz CT molecular complexity index is 6980. The van der Waals surface area contributed by atoms with Gasteiger partial charge in [0.15, 0.2) is 11.5 Å². The first kappa shape index (κ1) is 111. The van der Waals surface area contributed by atoms with E-state index in [2.05, 4.69) is 57.4 Å². The standard InChI is InChI=1S/C72H100N19O38P7S7/c1-9-37-38(10-51(116-37)87-19-33(4)63(92)81-69(87)98)124-131(103,138)110-24-46-40(12-52(118-46)85-17-31(2)59(73)79-67(85)96)125-133(105,140)112-25-47-41(13-53(119-47)86-18-32(3)60(74)80-68(86)97)126-135(107,142)115-28-50-44(16-57(122-50)91-30-78-58-61(75)76-29-77-62(58)91)129-136(108,143)114-27-49-43(15-56(121-49)90-22-36(7)66(95)84-72(90)101)128-134(106,141)113-26-48-42(14-55(120-48)89-21-35(6)65(94)83-71(89)100)127-132(104,139)111-23-45-39(123-130(102,137)109-8)11-54(117-45)88-20-34(5)64(93)82-70(88)99/h17-22,29-30,37-57,59H,9-16,23-28,73H2,1-8H3,(H,79,96)(H,102,137)(H,103,138)(H,104,139)(H,105,140)(H,106,141)(H,107,142)(H,108,143)(H2,74,80,97)(H2,75,76,77)(H,81,92,98)(H,82,93,99)(H,83,94,100)(H,84,95,101)/t37-,38?,39?,40?,41?,42?,43?,44?,45-,46-,47-,48-,49-,50-,51-,52-,53-,54-,55-,56-,57-,59?,130?,131?,132?,133?,134?,135?,136?/m1/s1. The van der Waals surface area contributed by atoms with Crippen molar-refractivity contribution >= 4 is 159 Å². The van der Waals surface area contributed by atoms with Crippen molar-refractivity contribution in [1.29, 1.82) is 0 Å². The van der Waals surface area contributed by atoms with Gasteiger partial charge in [0, 0.05) is 117 Å². The van der Waals surface area contributed by atoms with Crippen LogP contribution in [-0.4, -0.2) is 252 Å². The number of aromatic nitrogens is 14. The number of urea groups is 1. The van der Waals surface area contributed by atoms with Gasteiger partial charge < -0.3 is 139 Å². The summed E-state index contributed by atoms with van der Waals surface area (Å²) in [5.74, 6) is -0.151. The van der Waals surface area contributed by atoms with Crippen LogP contribution in [0.1, 0.15) is 130 Å². The Labute approximate surface area is 842 Å². The smallest absolute Gasteiger partial charge is 0.383 e. The molecule has 7 aromatic rings. The van der Waals surface area contributed by atoms with Gasteiger partial charge in [-0.25, -0.2) is 48.3 Å². The van der Waals surface area contributed by atoms with Gasteiger partial charge in [-0.05, 0) is 124 Å². The number of carbonyl (C=O) groups is 1. The predicted octanol–water partition coefficient (Wildman–Crippen LogP) is 1.24. The number of imidazole rings is 1. The molecule has 15 rings (SSSR count). The SMILES string of the molecule is CC[C@H]1O[C@@H](n2cc(C)c(=O)[nH]c2=O)CC1OP(O)(=S)OC[C@H]1O[C@@H](N2C=C(C)C(N)NC2=O)CC1OP(=O)(S)OC[C@H]1O[C@@H](n2cc(C)c(N)nc2=O)CC1OP(O)(=S)OC[C@H]1O[C@@H](n2cnc3c(N)ncnc32)CC1OP(O)(=S)OC[C@H]1O[C@@H](n2cc(C)c(=O)[nH]c2=O)CC1OP(O)(=S)OC[C@H]1O[C@@H](n2cc(C)c(=O)[nH]c2=O)CC1OP(O)(=S)OC[C@H]1O[C@@H](n2cc(C)c(=O)[nH]c2=O)CC1OP(O)(=S)OC. The van der Waals surface area contributed by atoms with E-state index in [1.807, 2.05) is 0 Å². The van der Waals surface area contributed by atoms with Crippen molar-refractivity contribution < 1.29 is 135 Å². The number of aryl methyl sites for hydroxylation is 5. The maximum Gasteiger partial charge on any atom is 0.386 e. The van der Waals surface area contributed by atoms with Gasteiger partial charge >= 0.3 is 81.6 Å². The molecule has 7 aromatic heterocycles. The topological polar surface area (TPSA) is 741 Å². The monoisotopic (exact) mass is 2280 g/mol. The lowest BCUT2D eigenvalue weighted by atomic mass is 10.1. The Hall–Kier alpha value is -5.88.